The van der Waals surface area contributed by atoms with Gasteiger partial charge in [0.1, 0.15) is 0 Å². The molecule has 82 valence electrons. The molecule has 2 unspecified atom stereocenters. The zero-order chi connectivity index (χ0) is 11.1. The number of halogens is 4. The Balaban J connectivity index is 3.83. The van der Waals surface area contributed by atoms with Crippen LogP contribution in [0.3, 0.4) is 0 Å². The Kier molecular flexibility index (Phi) is 6.48. The van der Waals surface area contributed by atoms with Crippen LogP contribution in [0.5, 0.6) is 0 Å². The van der Waals surface area contributed by atoms with Gasteiger partial charge >= 0.3 is 11.9 Å². The molecule has 4 nitrogen and oxygen atoms in total. The number of carbonyl (C=O) groups excluding carboxylic acids is 2. The van der Waals surface area contributed by atoms with E-state index in [2.05, 4.69) is 9.78 Å². The summed E-state index contributed by atoms with van der Waals surface area (Å²) in [5, 5.41) is 0. The predicted molar refractivity (Wildman–Crippen MR) is 43.4 cm³/mol. The molecule has 8 heteroatoms. The van der Waals surface area contributed by atoms with Crippen molar-refractivity contribution in [3.8, 4) is 0 Å². The molecule has 0 fully saturated rings. The predicted octanol–water partition coefficient (Wildman–Crippen LogP) is 1.14. The van der Waals surface area contributed by atoms with Crippen LogP contribution in [-0.4, -0.2) is 36.0 Å². The standard InChI is InChI=1S/C6H6Cl2F2O4/c7-1-3(9)5(11)13-14-6(12)4(10)2-8/h3-4H,1-2H2. The van der Waals surface area contributed by atoms with Gasteiger partial charge in [0.15, 0.2) is 0 Å². The first-order valence-electron chi connectivity index (χ1n) is 3.35. The molecule has 0 aliphatic heterocycles. The SMILES string of the molecule is O=C(OOC(=O)C(F)CCl)C(F)CCl. The highest BCUT2D eigenvalue weighted by Crippen LogP contribution is 2.02. The van der Waals surface area contributed by atoms with Gasteiger partial charge in [0.2, 0.25) is 12.3 Å². The molecule has 0 saturated heterocycles. The van der Waals surface area contributed by atoms with Gasteiger partial charge in [-0.05, 0) is 0 Å². The highest BCUT2D eigenvalue weighted by molar-refractivity contribution is 6.19. The first-order chi connectivity index (χ1) is 6.52. The van der Waals surface area contributed by atoms with Crippen LogP contribution in [0.15, 0.2) is 0 Å². The van der Waals surface area contributed by atoms with Gasteiger partial charge in [-0.1, -0.05) is 0 Å². The summed E-state index contributed by atoms with van der Waals surface area (Å²) in [4.78, 5) is 28.2. The van der Waals surface area contributed by atoms with Crippen LogP contribution >= 0.6 is 23.2 Å². The second-order valence-electron chi connectivity index (χ2n) is 2.05. The normalized spacial score (nSPS) is 14.3. The fourth-order valence-corrected chi connectivity index (χ4v) is 0.565. The number of carbonyl (C=O) groups is 2. The van der Waals surface area contributed by atoms with Crippen LogP contribution < -0.4 is 0 Å². The fraction of sp³-hybridized carbons (Fsp3) is 0.667. The van der Waals surface area contributed by atoms with Crippen LogP contribution in [-0.2, 0) is 19.4 Å². The minimum Gasteiger partial charge on any atom is -0.244 e. The molecule has 0 saturated carbocycles. The maximum atomic E-state index is 12.3. The van der Waals surface area contributed by atoms with Crippen molar-refractivity contribution in [1.29, 1.82) is 0 Å². The van der Waals surface area contributed by atoms with Crippen molar-refractivity contribution in [3.63, 3.8) is 0 Å². The average Bonchev–Trinajstić information content (AvgIpc) is 2.22. The molecule has 0 spiro atoms. The summed E-state index contributed by atoms with van der Waals surface area (Å²) in [7, 11) is 0. The molecule has 0 rings (SSSR count). The molecule has 2 atom stereocenters. The van der Waals surface area contributed by atoms with Crippen LogP contribution in [0.1, 0.15) is 0 Å². The van der Waals surface area contributed by atoms with Crippen LogP contribution in [0.4, 0.5) is 8.78 Å². The van der Waals surface area contributed by atoms with Gasteiger partial charge in [-0.3, -0.25) is 0 Å². The van der Waals surface area contributed by atoms with Gasteiger partial charge in [-0.25, -0.2) is 28.1 Å². The second-order valence-corrected chi connectivity index (χ2v) is 2.67. The van der Waals surface area contributed by atoms with E-state index in [1.54, 1.807) is 0 Å². The van der Waals surface area contributed by atoms with Crippen molar-refractivity contribution in [2.45, 2.75) is 12.3 Å². The summed E-state index contributed by atoms with van der Waals surface area (Å²) in [6.45, 7) is 0. The largest absolute Gasteiger partial charge is 0.390 e. The maximum absolute atomic E-state index is 12.3. The summed E-state index contributed by atoms with van der Waals surface area (Å²) < 4.78 is 24.7. The molecule has 14 heavy (non-hydrogen) atoms. The molecule has 0 aliphatic carbocycles. The zero-order valence-electron chi connectivity index (χ0n) is 6.71. The van der Waals surface area contributed by atoms with E-state index in [0.29, 0.717) is 0 Å². The van der Waals surface area contributed by atoms with E-state index in [4.69, 9.17) is 23.2 Å². The number of rotatable bonds is 4. The van der Waals surface area contributed by atoms with Crippen molar-refractivity contribution >= 4 is 35.1 Å². The lowest BCUT2D eigenvalue weighted by molar-refractivity contribution is -0.264. The first kappa shape index (κ1) is 13.4. The van der Waals surface area contributed by atoms with Gasteiger partial charge in [0.25, 0.3) is 0 Å². The van der Waals surface area contributed by atoms with Crippen molar-refractivity contribution < 1.29 is 28.1 Å². The Morgan fingerprint density at radius 3 is 1.50 bits per heavy atom. The van der Waals surface area contributed by atoms with E-state index in [-0.39, 0.29) is 0 Å². The molecular formula is C6H6Cl2F2O4. The van der Waals surface area contributed by atoms with Gasteiger partial charge < -0.3 is 0 Å². The lowest BCUT2D eigenvalue weighted by Crippen LogP contribution is -2.26. The van der Waals surface area contributed by atoms with Crippen molar-refractivity contribution in [1.82, 2.24) is 0 Å². The molecule has 0 heterocycles. The van der Waals surface area contributed by atoms with Crippen molar-refractivity contribution in [2.75, 3.05) is 11.8 Å². The summed E-state index contributed by atoms with van der Waals surface area (Å²) in [6, 6.07) is 0. The summed E-state index contributed by atoms with van der Waals surface area (Å²) >= 11 is 9.88. The monoisotopic (exact) mass is 250 g/mol. The molecule has 0 aliphatic rings. The Hall–Kier alpha value is -0.620. The maximum Gasteiger partial charge on any atom is 0.390 e. The van der Waals surface area contributed by atoms with E-state index < -0.39 is 36.0 Å². The van der Waals surface area contributed by atoms with Gasteiger partial charge in [-0.2, -0.15) is 0 Å². The van der Waals surface area contributed by atoms with E-state index in [0.717, 1.165) is 0 Å². The zero-order valence-corrected chi connectivity index (χ0v) is 8.23. The third kappa shape index (κ3) is 4.57. The Morgan fingerprint density at radius 2 is 1.29 bits per heavy atom. The number of alkyl halides is 4. The smallest absolute Gasteiger partial charge is 0.244 e. The summed E-state index contributed by atoms with van der Waals surface area (Å²) in [6.07, 6.45) is -4.25. The molecule has 0 aromatic carbocycles. The lowest BCUT2D eigenvalue weighted by atomic mass is 10.4. The van der Waals surface area contributed by atoms with Crippen molar-refractivity contribution in [2.24, 2.45) is 0 Å². The van der Waals surface area contributed by atoms with Crippen LogP contribution in [0.25, 0.3) is 0 Å². The van der Waals surface area contributed by atoms with Gasteiger partial charge in [0.05, 0.1) is 11.8 Å². The molecule has 0 radical (unpaired) electrons. The number of hydrogen-bond donors (Lipinski definition) is 0. The third-order valence-corrected chi connectivity index (χ3v) is 1.53. The lowest BCUT2D eigenvalue weighted by Gasteiger charge is -2.05. The molecule has 0 bridgehead atoms. The van der Waals surface area contributed by atoms with E-state index in [1.165, 1.54) is 0 Å². The van der Waals surface area contributed by atoms with E-state index >= 15 is 0 Å². The van der Waals surface area contributed by atoms with Crippen molar-refractivity contribution in [3.05, 3.63) is 0 Å². The number of hydrogen-bond acceptors (Lipinski definition) is 4. The first-order valence-corrected chi connectivity index (χ1v) is 4.42. The Labute approximate surface area is 88.0 Å². The second kappa shape index (κ2) is 6.78. The third-order valence-electron chi connectivity index (χ3n) is 0.988. The molecule has 0 aromatic rings. The summed E-state index contributed by atoms with van der Waals surface area (Å²) in [5.41, 5.74) is 0. The topological polar surface area (TPSA) is 52.6 Å². The fourth-order valence-electron chi connectivity index (χ4n) is 0.313. The minimum atomic E-state index is -2.13. The molecular weight excluding hydrogens is 245 g/mol. The minimum absolute atomic E-state index is 0.648. The molecule has 0 aromatic heterocycles. The molecule has 0 N–H and O–H groups in total. The summed E-state index contributed by atoms with van der Waals surface area (Å²) in [5.74, 6) is -4.30. The quantitative estimate of drug-likeness (QED) is 0.427. The van der Waals surface area contributed by atoms with Gasteiger partial charge in [0, 0.05) is 0 Å². The molecule has 0 amide bonds. The van der Waals surface area contributed by atoms with E-state index in [9.17, 15) is 18.4 Å². The Morgan fingerprint density at radius 1 is 1.00 bits per heavy atom. The highest BCUT2D eigenvalue weighted by Gasteiger charge is 2.24. The average molecular weight is 251 g/mol. The van der Waals surface area contributed by atoms with Crippen LogP contribution in [0.2, 0.25) is 0 Å². The van der Waals surface area contributed by atoms with Crippen LogP contribution in [0, 0.1) is 0 Å². The van der Waals surface area contributed by atoms with E-state index in [1.807, 2.05) is 0 Å². The Bertz CT molecular complexity index is 192. The van der Waals surface area contributed by atoms with Gasteiger partial charge in [-0.15, -0.1) is 23.2 Å². The highest BCUT2D eigenvalue weighted by atomic mass is 35.5.